The van der Waals surface area contributed by atoms with Gasteiger partial charge in [0.2, 0.25) is 0 Å². The third-order valence-corrected chi connectivity index (χ3v) is 3.37. The molecule has 0 aromatic carbocycles. The van der Waals surface area contributed by atoms with Crippen LogP contribution in [0.15, 0.2) is 0 Å². The van der Waals surface area contributed by atoms with Crippen molar-refractivity contribution in [3.63, 3.8) is 0 Å². The number of ketones is 1. The number of hydrogen-bond donors (Lipinski definition) is 0. The smallest absolute Gasteiger partial charge is 0.161 e. The Hall–Kier alpha value is -0.410. The van der Waals surface area contributed by atoms with Crippen molar-refractivity contribution in [3.05, 3.63) is 0 Å². The quantitative estimate of drug-likeness (QED) is 0.689. The number of carbonyl (C=O) groups excluding carboxylic acids is 1. The number of hydrogen-bond acceptors (Lipinski definition) is 3. The second-order valence-electron chi connectivity index (χ2n) is 4.38. The largest absolute Gasteiger partial charge is 0.370 e. The highest BCUT2D eigenvalue weighted by atomic mass is 16.5. The van der Waals surface area contributed by atoms with Crippen molar-refractivity contribution in [2.45, 2.75) is 45.3 Å². The Labute approximate surface area is 86.4 Å². The Morgan fingerprint density at radius 1 is 1.36 bits per heavy atom. The molecule has 0 radical (unpaired) electrons. The molecule has 1 heterocycles. The van der Waals surface area contributed by atoms with Gasteiger partial charge in [-0.3, -0.25) is 4.79 Å². The standard InChI is InChI=1S/C11H21NO2/c1-9(2)12-7-5-11(14-4,6-8-12)10(3)13/h9H,5-8H2,1-4H3. The van der Waals surface area contributed by atoms with Gasteiger partial charge in [-0.15, -0.1) is 0 Å². The van der Waals surface area contributed by atoms with Crippen LogP contribution in [0.1, 0.15) is 33.6 Å². The van der Waals surface area contributed by atoms with Gasteiger partial charge in [0.1, 0.15) is 5.60 Å². The molecule has 3 nitrogen and oxygen atoms in total. The first-order chi connectivity index (χ1) is 6.52. The van der Waals surface area contributed by atoms with Crippen LogP contribution < -0.4 is 0 Å². The highest BCUT2D eigenvalue weighted by molar-refractivity contribution is 5.85. The molecular weight excluding hydrogens is 178 g/mol. The van der Waals surface area contributed by atoms with Crippen LogP contribution in [-0.4, -0.2) is 42.5 Å². The third-order valence-electron chi connectivity index (χ3n) is 3.37. The molecule has 0 saturated carbocycles. The van der Waals surface area contributed by atoms with E-state index < -0.39 is 5.60 Å². The molecule has 1 aliphatic rings. The van der Waals surface area contributed by atoms with Crippen LogP contribution in [0.2, 0.25) is 0 Å². The fourth-order valence-corrected chi connectivity index (χ4v) is 2.10. The molecule has 82 valence electrons. The molecule has 1 fully saturated rings. The van der Waals surface area contributed by atoms with Gasteiger partial charge < -0.3 is 9.64 Å². The molecule has 14 heavy (non-hydrogen) atoms. The summed E-state index contributed by atoms with van der Waals surface area (Å²) in [6.45, 7) is 7.94. The van der Waals surface area contributed by atoms with Gasteiger partial charge in [0.15, 0.2) is 5.78 Å². The first-order valence-corrected chi connectivity index (χ1v) is 5.32. The van der Waals surface area contributed by atoms with Crippen LogP contribution >= 0.6 is 0 Å². The lowest BCUT2D eigenvalue weighted by molar-refractivity contribution is -0.145. The van der Waals surface area contributed by atoms with E-state index in [1.807, 2.05) is 0 Å². The highest BCUT2D eigenvalue weighted by Crippen LogP contribution is 2.27. The zero-order valence-electron chi connectivity index (χ0n) is 9.67. The Kier molecular flexibility index (Phi) is 3.67. The number of rotatable bonds is 3. The monoisotopic (exact) mass is 199 g/mol. The molecule has 0 aliphatic carbocycles. The fourth-order valence-electron chi connectivity index (χ4n) is 2.10. The zero-order chi connectivity index (χ0) is 10.8. The van der Waals surface area contributed by atoms with Crippen LogP contribution in [0.3, 0.4) is 0 Å². The second-order valence-corrected chi connectivity index (χ2v) is 4.38. The molecule has 0 N–H and O–H groups in total. The van der Waals surface area contributed by atoms with E-state index in [-0.39, 0.29) is 5.78 Å². The van der Waals surface area contributed by atoms with Crippen molar-refractivity contribution in [2.24, 2.45) is 0 Å². The van der Waals surface area contributed by atoms with E-state index in [0.717, 1.165) is 25.9 Å². The Balaban J connectivity index is 2.59. The normalized spacial score (nSPS) is 22.6. The van der Waals surface area contributed by atoms with E-state index in [1.165, 1.54) is 0 Å². The molecule has 1 saturated heterocycles. The van der Waals surface area contributed by atoms with Crippen molar-refractivity contribution in [1.82, 2.24) is 4.90 Å². The highest BCUT2D eigenvalue weighted by Gasteiger charge is 2.39. The molecule has 0 unspecified atom stereocenters. The van der Waals surface area contributed by atoms with Crippen molar-refractivity contribution < 1.29 is 9.53 Å². The summed E-state index contributed by atoms with van der Waals surface area (Å²) in [6, 6.07) is 0.566. The van der Waals surface area contributed by atoms with E-state index >= 15 is 0 Å². The summed E-state index contributed by atoms with van der Waals surface area (Å²) in [7, 11) is 1.65. The van der Waals surface area contributed by atoms with Crippen LogP contribution in [-0.2, 0) is 9.53 Å². The van der Waals surface area contributed by atoms with Crippen molar-refractivity contribution in [1.29, 1.82) is 0 Å². The summed E-state index contributed by atoms with van der Waals surface area (Å²) >= 11 is 0. The number of carbonyl (C=O) groups is 1. The number of likely N-dealkylation sites (tertiary alicyclic amines) is 1. The second kappa shape index (κ2) is 4.41. The molecule has 3 heteroatoms. The molecule has 1 aliphatic heterocycles. The lowest BCUT2D eigenvalue weighted by atomic mass is 9.87. The van der Waals surface area contributed by atoms with Gasteiger partial charge in [-0.2, -0.15) is 0 Å². The number of Topliss-reactive ketones (excluding diaryl/α,β-unsaturated/α-hetero) is 1. The number of piperidine rings is 1. The Bertz CT molecular complexity index is 205. The average molecular weight is 199 g/mol. The van der Waals surface area contributed by atoms with Crippen LogP contribution in [0.4, 0.5) is 0 Å². The van der Waals surface area contributed by atoms with E-state index in [0.29, 0.717) is 6.04 Å². The minimum atomic E-state index is -0.495. The van der Waals surface area contributed by atoms with Crippen LogP contribution in [0.5, 0.6) is 0 Å². The maximum absolute atomic E-state index is 11.5. The average Bonchev–Trinajstić information content (AvgIpc) is 2.17. The van der Waals surface area contributed by atoms with Crippen LogP contribution in [0, 0.1) is 0 Å². The number of nitrogens with zero attached hydrogens (tertiary/aromatic N) is 1. The number of ether oxygens (including phenoxy) is 1. The van der Waals surface area contributed by atoms with Crippen LogP contribution in [0.25, 0.3) is 0 Å². The van der Waals surface area contributed by atoms with Gasteiger partial charge in [-0.05, 0) is 33.6 Å². The predicted octanol–water partition coefficient (Wildman–Crippen LogP) is 1.46. The molecule has 0 atom stereocenters. The fraction of sp³-hybridized carbons (Fsp3) is 0.909. The van der Waals surface area contributed by atoms with Gasteiger partial charge >= 0.3 is 0 Å². The van der Waals surface area contributed by atoms with Gasteiger partial charge in [-0.25, -0.2) is 0 Å². The topological polar surface area (TPSA) is 29.5 Å². The minimum absolute atomic E-state index is 0.170. The zero-order valence-corrected chi connectivity index (χ0v) is 9.67. The van der Waals surface area contributed by atoms with Crippen molar-refractivity contribution in [2.75, 3.05) is 20.2 Å². The van der Waals surface area contributed by atoms with Gasteiger partial charge in [0.25, 0.3) is 0 Å². The molecule has 0 amide bonds. The Morgan fingerprint density at radius 2 is 1.86 bits per heavy atom. The summed E-state index contributed by atoms with van der Waals surface area (Å²) in [6.07, 6.45) is 1.66. The third kappa shape index (κ3) is 2.15. The molecule has 0 bridgehead atoms. The van der Waals surface area contributed by atoms with E-state index in [2.05, 4.69) is 18.7 Å². The van der Waals surface area contributed by atoms with E-state index in [1.54, 1.807) is 14.0 Å². The van der Waals surface area contributed by atoms with Gasteiger partial charge in [-0.1, -0.05) is 0 Å². The lowest BCUT2D eigenvalue weighted by Crippen LogP contribution is -2.51. The lowest BCUT2D eigenvalue weighted by Gasteiger charge is -2.40. The van der Waals surface area contributed by atoms with E-state index in [4.69, 9.17) is 4.74 Å². The van der Waals surface area contributed by atoms with Crippen molar-refractivity contribution >= 4 is 5.78 Å². The Morgan fingerprint density at radius 3 is 2.14 bits per heavy atom. The summed E-state index contributed by atoms with van der Waals surface area (Å²) in [5, 5.41) is 0. The van der Waals surface area contributed by atoms with Crippen molar-refractivity contribution in [3.8, 4) is 0 Å². The maximum Gasteiger partial charge on any atom is 0.161 e. The molecule has 0 aromatic rings. The summed E-state index contributed by atoms with van der Waals surface area (Å²) in [4.78, 5) is 13.9. The number of methoxy groups -OCH3 is 1. The first-order valence-electron chi connectivity index (χ1n) is 5.32. The maximum atomic E-state index is 11.5. The van der Waals surface area contributed by atoms with Gasteiger partial charge in [0.05, 0.1) is 0 Å². The molecule has 0 spiro atoms. The first kappa shape index (κ1) is 11.7. The molecule has 0 aromatic heterocycles. The summed E-state index contributed by atoms with van der Waals surface area (Å²) < 4.78 is 5.39. The van der Waals surface area contributed by atoms with Gasteiger partial charge in [0, 0.05) is 26.2 Å². The SMILES string of the molecule is COC1(C(C)=O)CCN(C(C)C)CC1. The minimum Gasteiger partial charge on any atom is -0.370 e. The summed E-state index contributed by atoms with van der Waals surface area (Å²) in [5.74, 6) is 0.170. The predicted molar refractivity (Wildman–Crippen MR) is 56.4 cm³/mol. The summed E-state index contributed by atoms with van der Waals surface area (Å²) in [5.41, 5.74) is -0.495. The molecular formula is C11H21NO2. The van der Waals surface area contributed by atoms with E-state index in [9.17, 15) is 4.79 Å². The molecule has 1 rings (SSSR count).